The van der Waals surface area contributed by atoms with Crippen LogP contribution >= 0.6 is 11.3 Å². The van der Waals surface area contributed by atoms with E-state index >= 15 is 0 Å². The highest BCUT2D eigenvalue weighted by molar-refractivity contribution is 7.18. The van der Waals surface area contributed by atoms with Crippen molar-refractivity contribution in [3.05, 3.63) is 29.3 Å². The molecule has 2 aromatic rings. The van der Waals surface area contributed by atoms with Crippen LogP contribution in [0.4, 0.5) is 0 Å². The summed E-state index contributed by atoms with van der Waals surface area (Å²) in [6.07, 6.45) is 5.00. The molecule has 4 fully saturated rings. The molecule has 0 radical (unpaired) electrons. The lowest BCUT2D eigenvalue weighted by Crippen LogP contribution is -2.53. The number of aliphatic hydroxyl groups is 2. The number of aromatic nitrogens is 1. The van der Waals surface area contributed by atoms with Crippen LogP contribution in [0, 0.1) is 23.2 Å². The molecule has 2 atom stereocenters. The Balaban J connectivity index is 1.28. The fourth-order valence-electron chi connectivity index (χ4n) is 6.58. The molecule has 1 amide bonds. The number of thiazole rings is 1. The van der Waals surface area contributed by atoms with Gasteiger partial charge in [0.05, 0.1) is 10.2 Å². The fourth-order valence-corrected chi connectivity index (χ4v) is 7.56. The standard InChI is InChI=1S/C22H28N2O3S/c1-24(12-22-9-13-6-14(10-22)8-15(7-13)11-22)21(27)19(26)18(25)20-23-16-4-2-3-5-17(16)28-20/h2-5,13-15,18-19,25-26H,6-12H2,1H3. The van der Waals surface area contributed by atoms with Crippen molar-refractivity contribution in [1.82, 2.24) is 9.88 Å². The number of carbonyl (C=O) groups excluding carboxylic acids is 1. The summed E-state index contributed by atoms with van der Waals surface area (Å²) >= 11 is 1.33. The Bertz CT molecular complexity index is 827. The molecule has 0 spiro atoms. The van der Waals surface area contributed by atoms with Crippen LogP contribution in [0.1, 0.15) is 49.6 Å². The van der Waals surface area contributed by atoms with Gasteiger partial charge in [-0.3, -0.25) is 4.79 Å². The van der Waals surface area contributed by atoms with Gasteiger partial charge in [0.2, 0.25) is 0 Å². The van der Waals surface area contributed by atoms with E-state index in [-0.39, 0.29) is 5.41 Å². The monoisotopic (exact) mass is 400 g/mol. The van der Waals surface area contributed by atoms with Gasteiger partial charge in [-0.05, 0) is 73.8 Å². The minimum absolute atomic E-state index is 0.222. The van der Waals surface area contributed by atoms with Gasteiger partial charge >= 0.3 is 0 Å². The molecule has 4 bridgehead atoms. The first-order chi connectivity index (χ1) is 13.4. The first-order valence-corrected chi connectivity index (χ1v) is 11.2. The van der Waals surface area contributed by atoms with Crippen molar-refractivity contribution in [3.8, 4) is 0 Å². The molecule has 2 N–H and O–H groups in total. The average Bonchev–Trinajstić information content (AvgIpc) is 3.09. The number of likely N-dealkylation sites (N-methyl/N-ethyl adjacent to an activating group) is 1. The molecule has 4 aliphatic carbocycles. The molecule has 6 rings (SSSR count). The third kappa shape index (κ3) is 3.15. The third-order valence-corrected chi connectivity index (χ3v) is 8.34. The van der Waals surface area contributed by atoms with Gasteiger partial charge in [-0.25, -0.2) is 4.98 Å². The maximum atomic E-state index is 12.9. The van der Waals surface area contributed by atoms with E-state index in [4.69, 9.17) is 0 Å². The van der Waals surface area contributed by atoms with Gasteiger partial charge in [0.15, 0.2) is 6.10 Å². The van der Waals surface area contributed by atoms with E-state index in [0.29, 0.717) is 11.6 Å². The summed E-state index contributed by atoms with van der Waals surface area (Å²) in [5.74, 6) is 2.08. The van der Waals surface area contributed by atoms with Gasteiger partial charge in [0.1, 0.15) is 11.1 Å². The van der Waals surface area contributed by atoms with Gasteiger partial charge in [-0.15, -0.1) is 11.3 Å². The lowest BCUT2D eigenvalue weighted by molar-refractivity contribution is -0.150. The molecule has 150 valence electrons. The summed E-state index contributed by atoms with van der Waals surface area (Å²) in [4.78, 5) is 18.9. The number of aliphatic hydroxyl groups excluding tert-OH is 2. The first kappa shape index (κ1) is 18.5. The number of para-hydroxylation sites is 1. The van der Waals surface area contributed by atoms with Crippen LogP contribution in [0.5, 0.6) is 0 Å². The largest absolute Gasteiger partial charge is 0.383 e. The predicted molar refractivity (Wildman–Crippen MR) is 109 cm³/mol. The minimum atomic E-state index is -1.47. The Morgan fingerprint density at radius 1 is 1.18 bits per heavy atom. The summed E-state index contributed by atoms with van der Waals surface area (Å²) in [6.45, 7) is 0.693. The van der Waals surface area contributed by atoms with Crippen LogP contribution in [0.3, 0.4) is 0 Å². The number of amides is 1. The van der Waals surface area contributed by atoms with Crippen LogP contribution in [-0.2, 0) is 4.79 Å². The molecule has 28 heavy (non-hydrogen) atoms. The zero-order chi connectivity index (χ0) is 19.5. The number of benzene rings is 1. The van der Waals surface area contributed by atoms with E-state index in [1.807, 2.05) is 24.3 Å². The minimum Gasteiger partial charge on any atom is -0.383 e. The van der Waals surface area contributed by atoms with Gasteiger partial charge in [0, 0.05) is 13.6 Å². The van der Waals surface area contributed by atoms with Gasteiger partial charge < -0.3 is 15.1 Å². The van der Waals surface area contributed by atoms with Crippen LogP contribution in [-0.4, -0.2) is 45.7 Å². The smallest absolute Gasteiger partial charge is 0.254 e. The predicted octanol–water partition coefficient (Wildman–Crippen LogP) is 3.37. The lowest BCUT2D eigenvalue weighted by Gasteiger charge is -2.57. The quantitative estimate of drug-likeness (QED) is 0.807. The molecule has 1 aromatic carbocycles. The Labute approximate surface area is 169 Å². The molecule has 4 aliphatic rings. The summed E-state index contributed by atoms with van der Waals surface area (Å²) in [5, 5.41) is 21.6. The Hall–Kier alpha value is -1.50. The number of nitrogens with zero attached hydrogens (tertiary/aromatic N) is 2. The van der Waals surface area contributed by atoms with Crippen molar-refractivity contribution in [2.45, 2.75) is 50.7 Å². The Morgan fingerprint density at radius 3 is 2.39 bits per heavy atom. The molecule has 2 unspecified atom stereocenters. The number of carbonyl (C=O) groups is 1. The van der Waals surface area contributed by atoms with Gasteiger partial charge in [0.25, 0.3) is 5.91 Å². The summed E-state index contributed by atoms with van der Waals surface area (Å²) in [5.41, 5.74) is 1.00. The fraction of sp³-hybridized carbons (Fsp3) is 0.636. The number of rotatable bonds is 5. The molecule has 4 saturated carbocycles. The van der Waals surface area contributed by atoms with Crippen molar-refractivity contribution < 1.29 is 15.0 Å². The summed E-state index contributed by atoms with van der Waals surface area (Å²) < 4.78 is 0.943. The highest BCUT2D eigenvalue weighted by Gasteiger charge is 2.51. The maximum Gasteiger partial charge on any atom is 0.254 e. The second-order valence-electron chi connectivity index (χ2n) is 9.52. The lowest BCUT2D eigenvalue weighted by atomic mass is 9.49. The first-order valence-electron chi connectivity index (χ1n) is 10.4. The molecule has 0 aliphatic heterocycles. The van der Waals surface area contributed by atoms with E-state index in [9.17, 15) is 15.0 Å². The van der Waals surface area contributed by atoms with Gasteiger partial charge in [-0.2, -0.15) is 0 Å². The van der Waals surface area contributed by atoms with Crippen molar-refractivity contribution in [2.24, 2.45) is 23.2 Å². The van der Waals surface area contributed by atoms with Crippen molar-refractivity contribution in [1.29, 1.82) is 0 Å². The van der Waals surface area contributed by atoms with E-state index in [1.165, 1.54) is 49.9 Å². The third-order valence-electron chi connectivity index (χ3n) is 7.23. The van der Waals surface area contributed by atoms with Crippen LogP contribution in [0.2, 0.25) is 0 Å². The normalized spacial score (nSPS) is 33.2. The Morgan fingerprint density at radius 2 is 1.79 bits per heavy atom. The Kier molecular flexibility index (Phi) is 4.49. The van der Waals surface area contributed by atoms with E-state index in [1.54, 1.807) is 11.9 Å². The molecule has 1 aromatic heterocycles. The summed E-state index contributed by atoms with van der Waals surface area (Å²) in [7, 11) is 1.77. The van der Waals surface area contributed by atoms with E-state index in [0.717, 1.165) is 28.0 Å². The molecule has 1 heterocycles. The SMILES string of the molecule is CN(CC12CC3CC(CC(C3)C1)C2)C(=O)C(O)C(O)c1nc2ccccc2s1. The average molecular weight is 401 g/mol. The van der Waals surface area contributed by atoms with Gasteiger partial charge in [-0.1, -0.05) is 12.1 Å². The molecular formula is C22H28N2O3S. The summed E-state index contributed by atoms with van der Waals surface area (Å²) in [6, 6.07) is 7.60. The number of hydrogen-bond donors (Lipinski definition) is 2. The highest BCUT2D eigenvalue weighted by Crippen LogP contribution is 2.60. The van der Waals surface area contributed by atoms with Crippen LogP contribution in [0.25, 0.3) is 10.2 Å². The second-order valence-corrected chi connectivity index (χ2v) is 10.6. The zero-order valence-electron chi connectivity index (χ0n) is 16.3. The highest BCUT2D eigenvalue weighted by atomic mass is 32.1. The maximum absolute atomic E-state index is 12.9. The van der Waals surface area contributed by atoms with Crippen molar-refractivity contribution in [3.63, 3.8) is 0 Å². The van der Waals surface area contributed by atoms with E-state index < -0.39 is 18.1 Å². The molecule has 5 nitrogen and oxygen atoms in total. The zero-order valence-corrected chi connectivity index (χ0v) is 17.1. The van der Waals surface area contributed by atoms with Crippen molar-refractivity contribution >= 4 is 27.5 Å². The van der Waals surface area contributed by atoms with Crippen molar-refractivity contribution in [2.75, 3.05) is 13.6 Å². The number of fused-ring (bicyclic) bond motifs is 1. The van der Waals surface area contributed by atoms with Crippen LogP contribution in [0.15, 0.2) is 24.3 Å². The number of hydrogen-bond acceptors (Lipinski definition) is 5. The van der Waals surface area contributed by atoms with Crippen LogP contribution < -0.4 is 0 Å². The topological polar surface area (TPSA) is 73.7 Å². The molecule has 6 heteroatoms. The molecular weight excluding hydrogens is 372 g/mol. The van der Waals surface area contributed by atoms with E-state index in [2.05, 4.69) is 4.98 Å². The molecule has 0 saturated heterocycles. The second kappa shape index (κ2) is 6.78.